The molecule has 0 atom stereocenters. The van der Waals surface area contributed by atoms with Crippen molar-refractivity contribution in [2.75, 3.05) is 0 Å². The van der Waals surface area contributed by atoms with Crippen LogP contribution in [0.4, 0.5) is 0 Å². The summed E-state index contributed by atoms with van der Waals surface area (Å²) >= 11 is 0. The molecule has 1 aliphatic carbocycles. The maximum Gasteiger partial charge on any atom is 0.0641 e. The lowest BCUT2D eigenvalue weighted by Crippen LogP contribution is -1.95. The van der Waals surface area contributed by atoms with Gasteiger partial charge in [-0.1, -0.05) is 382 Å². The van der Waals surface area contributed by atoms with E-state index in [1.807, 2.05) is 0 Å². The number of benzene rings is 21. The molecule has 5 aromatic heterocycles. The molecule has 0 saturated carbocycles. The SMILES string of the molecule is c1ccc(-c2ccccc2-c2cccc(-n3c4ccc5ccccc5c4c4ccc5ccccc5c43)c2)cc1.c1ccc(-c2ccccc2-c2cccc(-n3c4cccc5c4c4c6c(cccc6ccc43)-c3ccccc3-5)c2)cc1.c1ccc(-c2ccccc2-c2cccc(-n3c4cccc5c6ccccc6n6c7ccccc7c7ccc3c(c54)c76)c2)cc1. The summed E-state index contributed by atoms with van der Waals surface area (Å²) in [6.07, 6.45) is 0. The van der Waals surface area contributed by atoms with E-state index in [-0.39, 0.29) is 0 Å². The Kier molecular flexibility index (Phi) is 16.3. The Morgan fingerprint density at radius 1 is 0.129 bits per heavy atom. The fourth-order valence-electron chi connectivity index (χ4n) is 20.9. The van der Waals surface area contributed by atoms with Gasteiger partial charge < -0.3 is 18.1 Å². The largest absolute Gasteiger partial charge is 0.309 e. The van der Waals surface area contributed by atoms with Crippen LogP contribution in [0.25, 0.3) is 242 Å². The highest BCUT2D eigenvalue weighted by molar-refractivity contribution is 6.34. The first-order chi connectivity index (χ1) is 61.6. The third kappa shape index (κ3) is 11.0. The molecule has 0 unspecified atom stereocenters. The molecule has 0 radical (unpaired) electrons. The highest BCUT2D eigenvalue weighted by Crippen LogP contribution is 2.52. The summed E-state index contributed by atoms with van der Waals surface area (Å²) in [5.41, 5.74) is 34.7. The third-order valence-electron chi connectivity index (χ3n) is 26.2. The molecule has 0 bridgehead atoms. The fourth-order valence-corrected chi connectivity index (χ4v) is 20.9. The molecule has 124 heavy (non-hydrogen) atoms. The summed E-state index contributed by atoms with van der Waals surface area (Å²) in [7, 11) is 0. The summed E-state index contributed by atoms with van der Waals surface area (Å²) in [5, 5.41) is 20.7. The van der Waals surface area contributed by atoms with Gasteiger partial charge in [0.05, 0.1) is 49.7 Å². The Hall–Kier alpha value is -16.4. The summed E-state index contributed by atoms with van der Waals surface area (Å²) in [6.45, 7) is 0. The van der Waals surface area contributed by atoms with Gasteiger partial charge in [0.25, 0.3) is 0 Å². The van der Waals surface area contributed by atoms with Crippen LogP contribution in [0.3, 0.4) is 0 Å². The highest BCUT2D eigenvalue weighted by atomic mass is 15.0. The molecule has 26 aromatic rings. The van der Waals surface area contributed by atoms with Crippen LogP contribution in [0.5, 0.6) is 0 Å². The van der Waals surface area contributed by atoms with Gasteiger partial charge >= 0.3 is 0 Å². The van der Waals surface area contributed by atoms with Gasteiger partial charge in [-0.2, -0.15) is 0 Å². The second kappa shape index (κ2) is 28.7. The van der Waals surface area contributed by atoms with E-state index in [2.05, 4.69) is 479 Å². The zero-order valence-corrected chi connectivity index (χ0v) is 67.7. The molecule has 0 aliphatic heterocycles. The van der Waals surface area contributed by atoms with Crippen molar-refractivity contribution in [3.8, 4) is 106 Å². The van der Waals surface area contributed by atoms with Crippen molar-refractivity contribution in [3.63, 3.8) is 0 Å². The molecule has 4 heteroatoms. The summed E-state index contributed by atoms with van der Waals surface area (Å²) in [5.74, 6) is 0. The fraction of sp³-hybridized carbons (Fsp3) is 0. The minimum Gasteiger partial charge on any atom is -0.309 e. The molecule has 27 rings (SSSR count). The average Bonchev–Trinajstić information content (AvgIpc) is 1.52. The molecular formula is C120H76N4. The van der Waals surface area contributed by atoms with Crippen LogP contribution in [0.15, 0.2) is 461 Å². The van der Waals surface area contributed by atoms with E-state index in [1.165, 1.54) is 242 Å². The van der Waals surface area contributed by atoms with E-state index >= 15 is 0 Å². The zero-order valence-electron chi connectivity index (χ0n) is 67.7. The smallest absolute Gasteiger partial charge is 0.0641 e. The summed E-state index contributed by atoms with van der Waals surface area (Å²) in [4.78, 5) is 0. The zero-order chi connectivity index (χ0) is 81.5. The lowest BCUT2D eigenvalue weighted by molar-refractivity contribution is 1.18. The van der Waals surface area contributed by atoms with Crippen LogP contribution in [0.1, 0.15) is 0 Å². The molecule has 0 amide bonds. The first kappa shape index (κ1) is 70.6. The molecule has 576 valence electrons. The van der Waals surface area contributed by atoms with Gasteiger partial charge in [0.15, 0.2) is 0 Å². The first-order valence-electron chi connectivity index (χ1n) is 42.9. The van der Waals surface area contributed by atoms with Crippen LogP contribution in [0.2, 0.25) is 0 Å². The number of hydrogen-bond donors (Lipinski definition) is 0. The van der Waals surface area contributed by atoms with E-state index in [9.17, 15) is 0 Å². The molecule has 0 fully saturated rings. The quantitative estimate of drug-likeness (QED) is 0.137. The molecule has 5 heterocycles. The summed E-state index contributed by atoms with van der Waals surface area (Å²) in [6, 6.07) is 168. The van der Waals surface area contributed by atoms with E-state index in [1.54, 1.807) is 0 Å². The van der Waals surface area contributed by atoms with Crippen LogP contribution < -0.4 is 0 Å². The van der Waals surface area contributed by atoms with Crippen molar-refractivity contribution in [3.05, 3.63) is 461 Å². The molecule has 21 aromatic carbocycles. The van der Waals surface area contributed by atoms with E-state index in [0.717, 1.165) is 0 Å². The van der Waals surface area contributed by atoms with Gasteiger partial charge in [-0.3, -0.25) is 0 Å². The number of hydrogen-bond acceptors (Lipinski definition) is 0. The van der Waals surface area contributed by atoms with Gasteiger partial charge in [0.1, 0.15) is 0 Å². The molecule has 4 nitrogen and oxygen atoms in total. The van der Waals surface area contributed by atoms with Gasteiger partial charge in [-0.15, -0.1) is 0 Å². The van der Waals surface area contributed by atoms with E-state index in [4.69, 9.17) is 0 Å². The normalized spacial score (nSPS) is 11.9. The third-order valence-corrected chi connectivity index (χ3v) is 26.2. The Bertz CT molecular complexity index is 8800. The molecule has 1 aliphatic rings. The topological polar surface area (TPSA) is 19.2 Å². The minimum absolute atomic E-state index is 1.17. The van der Waals surface area contributed by atoms with Gasteiger partial charge in [0.2, 0.25) is 0 Å². The van der Waals surface area contributed by atoms with Gasteiger partial charge in [-0.05, 0) is 200 Å². The van der Waals surface area contributed by atoms with E-state index in [0.29, 0.717) is 0 Å². The molecule has 0 spiro atoms. The van der Waals surface area contributed by atoms with Crippen molar-refractivity contribution in [1.82, 2.24) is 18.1 Å². The number of nitrogens with zero attached hydrogens (tertiary/aromatic N) is 4. The number of fused-ring (bicyclic) bond motifs is 16. The monoisotopic (exact) mass is 1570 g/mol. The highest BCUT2D eigenvalue weighted by Gasteiger charge is 2.28. The standard InChI is InChI=1S/C42H26N2.C40H25N.C38H25N/c1-2-12-27(13-3-1)30-16-4-5-17-31(30)28-14-10-15-29(26-28)43-38-23-11-20-34-32-18-6-8-21-36(32)44-37-22-9-7-19-33(37)35-24-25-39(43)41(40(34)38)42(35)44;1-2-11-26(12-3-1)30-16-4-5-17-31(30)28-14-8-15-29(25-28)41-36-22-10-21-35-33-19-7-6-18-32(33)34-20-9-13-27-23-24-37(41)40(38(27)34)39(35)36;1-2-11-26(12-3-1)31-17-8-9-18-32(31)29-15-10-16-30(25-29)39-36-24-22-27-13-4-6-19-33(27)37(36)35-23-21-28-14-5-7-20-34(28)38(35)39/h1-26H;1-25H;1-25H. The maximum absolute atomic E-state index is 2.50. The number of aromatic nitrogens is 4. The second-order valence-corrected chi connectivity index (χ2v) is 32.8. The first-order valence-corrected chi connectivity index (χ1v) is 42.9. The molecular weight excluding hydrogens is 1500 g/mol. The molecule has 0 N–H and O–H groups in total. The predicted octanol–water partition coefficient (Wildman–Crippen LogP) is 32.6. The Morgan fingerprint density at radius 3 is 1.00 bits per heavy atom. The molecule has 0 saturated heterocycles. The van der Waals surface area contributed by atoms with Crippen LogP contribution in [-0.2, 0) is 0 Å². The van der Waals surface area contributed by atoms with Crippen LogP contribution in [0, 0.1) is 0 Å². The Morgan fingerprint density at radius 2 is 0.452 bits per heavy atom. The number of rotatable bonds is 9. The lowest BCUT2D eigenvalue weighted by atomic mass is 9.93. The average molecular weight is 1570 g/mol. The Labute approximate surface area is 716 Å². The van der Waals surface area contributed by atoms with Gasteiger partial charge in [-0.25, -0.2) is 0 Å². The summed E-state index contributed by atoms with van der Waals surface area (Å²) < 4.78 is 9.90. The van der Waals surface area contributed by atoms with Gasteiger partial charge in [0, 0.05) is 70.9 Å². The predicted molar refractivity (Wildman–Crippen MR) is 527 cm³/mol. The second-order valence-electron chi connectivity index (χ2n) is 32.8. The van der Waals surface area contributed by atoms with Crippen molar-refractivity contribution < 1.29 is 0 Å². The van der Waals surface area contributed by atoms with Crippen molar-refractivity contribution in [2.45, 2.75) is 0 Å². The van der Waals surface area contributed by atoms with Crippen molar-refractivity contribution in [1.29, 1.82) is 0 Å². The van der Waals surface area contributed by atoms with E-state index < -0.39 is 0 Å². The van der Waals surface area contributed by atoms with Crippen LogP contribution >= 0.6 is 0 Å². The van der Waals surface area contributed by atoms with Crippen molar-refractivity contribution >= 4 is 136 Å². The number of para-hydroxylation sites is 2. The maximum atomic E-state index is 2.50. The minimum atomic E-state index is 1.17. The lowest BCUT2D eigenvalue weighted by Gasteiger charge is -2.15. The van der Waals surface area contributed by atoms with Crippen LogP contribution in [-0.4, -0.2) is 18.1 Å². The Balaban J connectivity index is 0.000000102. The van der Waals surface area contributed by atoms with Crippen molar-refractivity contribution in [2.24, 2.45) is 0 Å².